The minimum absolute atomic E-state index is 0.392. The van der Waals surface area contributed by atoms with Gasteiger partial charge in [0.1, 0.15) is 5.60 Å². The number of nitrogens with zero attached hydrogens (tertiary/aromatic N) is 1. The number of carbonyl (C=O) groups is 1. The van der Waals surface area contributed by atoms with E-state index < -0.39 is 11.7 Å². The van der Waals surface area contributed by atoms with E-state index >= 15 is 0 Å². The first-order chi connectivity index (χ1) is 11.4. The molecule has 0 aromatic heterocycles. The third-order valence-electron chi connectivity index (χ3n) is 3.72. The van der Waals surface area contributed by atoms with Crippen LogP contribution in [0.25, 0.3) is 0 Å². The minimum Gasteiger partial charge on any atom is -0.444 e. The molecule has 1 aliphatic rings. The van der Waals surface area contributed by atoms with Crippen LogP contribution in [0.4, 0.5) is 10.5 Å². The summed E-state index contributed by atoms with van der Waals surface area (Å²) in [4.78, 5) is 14.0. The number of hydrogen-bond acceptors (Lipinski definition) is 3. The molecule has 0 radical (unpaired) electrons. The smallest absolute Gasteiger partial charge is 0.407 e. The lowest BCUT2D eigenvalue weighted by Gasteiger charge is -2.28. The van der Waals surface area contributed by atoms with Gasteiger partial charge >= 0.3 is 6.09 Å². The summed E-state index contributed by atoms with van der Waals surface area (Å²) >= 11 is 0. The van der Waals surface area contributed by atoms with Crippen LogP contribution in [-0.2, 0) is 4.74 Å². The highest BCUT2D eigenvalue weighted by Crippen LogP contribution is 2.20. The van der Waals surface area contributed by atoms with E-state index in [2.05, 4.69) is 40.3 Å². The van der Waals surface area contributed by atoms with Crippen molar-refractivity contribution in [1.82, 2.24) is 5.32 Å². The number of ether oxygens (including phenoxy) is 1. The molecule has 1 N–H and O–H groups in total. The molecule has 4 nitrogen and oxygen atoms in total. The van der Waals surface area contributed by atoms with Crippen LogP contribution in [0.2, 0.25) is 0 Å². The quantitative estimate of drug-likeness (QED) is 0.675. The van der Waals surface area contributed by atoms with Crippen LogP contribution in [0.5, 0.6) is 0 Å². The first kappa shape index (κ1) is 18.2. The van der Waals surface area contributed by atoms with Gasteiger partial charge in [0.15, 0.2) is 0 Å². The molecule has 1 fully saturated rings. The average molecular weight is 328 g/mol. The Balaban J connectivity index is 1.80. The zero-order valence-corrected chi connectivity index (χ0v) is 15.0. The Morgan fingerprint density at radius 3 is 2.71 bits per heavy atom. The number of nitrogens with one attached hydrogen (secondary N) is 1. The number of benzene rings is 1. The van der Waals surface area contributed by atoms with Crippen LogP contribution in [0.3, 0.4) is 0 Å². The Hall–Kier alpha value is -2.15. The second-order valence-corrected chi connectivity index (χ2v) is 7.08. The maximum absolute atomic E-state index is 11.5. The largest absolute Gasteiger partial charge is 0.444 e. The maximum atomic E-state index is 11.5. The number of alkyl carbamates (subject to hydrolysis) is 1. The summed E-state index contributed by atoms with van der Waals surface area (Å²) in [7, 11) is 0. The van der Waals surface area contributed by atoms with E-state index in [1.165, 1.54) is 24.9 Å². The summed E-state index contributed by atoms with van der Waals surface area (Å²) in [5.41, 5.74) is 1.81. The lowest BCUT2D eigenvalue weighted by atomic mass is 10.1. The van der Waals surface area contributed by atoms with Crippen molar-refractivity contribution in [3.05, 3.63) is 29.8 Å². The number of rotatable bonds is 3. The second-order valence-electron chi connectivity index (χ2n) is 7.08. The van der Waals surface area contributed by atoms with Crippen molar-refractivity contribution < 1.29 is 9.53 Å². The van der Waals surface area contributed by atoms with Crippen LogP contribution in [0.1, 0.15) is 52.0 Å². The first-order valence-electron chi connectivity index (χ1n) is 8.75. The molecule has 1 amide bonds. The second kappa shape index (κ2) is 8.63. The van der Waals surface area contributed by atoms with Gasteiger partial charge in [0.05, 0.1) is 0 Å². The molecule has 0 spiro atoms. The van der Waals surface area contributed by atoms with E-state index in [-0.39, 0.29) is 0 Å². The summed E-state index contributed by atoms with van der Waals surface area (Å²) in [6, 6.07) is 8.40. The Morgan fingerprint density at radius 1 is 1.25 bits per heavy atom. The Labute approximate surface area is 145 Å². The van der Waals surface area contributed by atoms with Crippen LogP contribution < -0.4 is 10.2 Å². The molecule has 0 aliphatic carbocycles. The zero-order chi connectivity index (χ0) is 17.4. The molecule has 0 atom stereocenters. The number of amides is 1. The van der Waals surface area contributed by atoms with Gasteiger partial charge in [0.2, 0.25) is 0 Å². The topological polar surface area (TPSA) is 41.6 Å². The molecule has 1 saturated heterocycles. The van der Waals surface area contributed by atoms with Crippen molar-refractivity contribution in [3.63, 3.8) is 0 Å². The predicted molar refractivity (Wildman–Crippen MR) is 98.2 cm³/mol. The molecule has 0 saturated carbocycles. The molecular weight excluding hydrogens is 300 g/mol. The molecule has 24 heavy (non-hydrogen) atoms. The average Bonchev–Trinajstić information content (AvgIpc) is 2.54. The van der Waals surface area contributed by atoms with Gasteiger partial charge in [0.25, 0.3) is 0 Å². The first-order valence-corrected chi connectivity index (χ1v) is 8.75. The fourth-order valence-corrected chi connectivity index (χ4v) is 2.64. The summed E-state index contributed by atoms with van der Waals surface area (Å²) in [5, 5.41) is 2.72. The highest BCUT2D eigenvalue weighted by atomic mass is 16.6. The highest BCUT2D eigenvalue weighted by molar-refractivity contribution is 5.67. The third kappa shape index (κ3) is 6.54. The van der Waals surface area contributed by atoms with Crippen LogP contribution >= 0.6 is 0 Å². The number of hydrogen-bond donors (Lipinski definition) is 1. The van der Waals surface area contributed by atoms with E-state index in [0.29, 0.717) is 13.0 Å². The molecule has 1 heterocycles. The van der Waals surface area contributed by atoms with E-state index in [9.17, 15) is 4.79 Å². The SMILES string of the molecule is CC(C)(C)OC(=O)NCCC#Cc1cccc(N2CCCCC2)c1. The van der Waals surface area contributed by atoms with Gasteiger partial charge < -0.3 is 15.0 Å². The normalized spacial score (nSPS) is 14.5. The monoisotopic (exact) mass is 328 g/mol. The van der Waals surface area contributed by atoms with Gasteiger partial charge in [-0.1, -0.05) is 17.9 Å². The van der Waals surface area contributed by atoms with Crippen molar-refractivity contribution in [2.24, 2.45) is 0 Å². The van der Waals surface area contributed by atoms with Crippen molar-refractivity contribution in [2.75, 3.05) is 24.5 Å². The Morgan fingerprint density at radius 2 is 2.00 bits per heavy atom. The minimum atomic E-state index is -0.468. The molecule has 1 aliphatic heterocycles. The van der Waals surface area contributed by atoms with Gasteiger partial charge in [-0.25, -0.2) is 4.79 Å². The van der Waals surface area contributed by atoms with E-state index in [0.717, 1.165) is 18.7 Å². The van der Waals surface area contributed by atoms with Gasteiger partial charge in [0, 0.05) is 37.3 Å². The number of carbonyl (C=O) groups excluding carboxylic acids is 1. The summed E-state index contributed by atoms with van der Waals surface area (Å²) < 4.78 is 5.18. The van der Waals surface area contributed by atoms with Gasteiger partial charge in [-0.15, -0.1) is 0 Å². The van der Waals surface area contributed by atoms with Crippen LogP contribution in [-0.4, -0.2) is 31.3 Å². The van der Waals surface area contributed by atoms with Crippen molar-refractivity contribution in [2.45, 2.75) is 52.1 Å². The molecule has 0 bridgehead atoms. The van der Waals surface area contributed by atoms with Crippen molar-refractivity contribution in [3.8, 4) is 11.8 Å². The van der Waals surface area contributed by atoms with Gasteiger partial charge in [-0.2, -0.15) is 0 Å². The van der Waals surface area contributed by atoms with Crippen molar-refractivity contribution >= 4 is 11.8 Å². The highest BCUT2D eigenvalue weighted by Gasteiger charge is 2.15. The summed E-state index contributed by atoms with van der Waals surface area (Å²) in [6.45, 7) is 8.31. The van der Waals surface area contributed by atoms with Crippen LogP contribution in [0, 0.1) is 11.8 Å². The van der Waals surface area contributed by atoms with Crippen LogP contribution in [0.15, 0.2) is 24.3 Å². The number of anilines is 1. The lowest BCUT2D eigenvalue weighted by molar-refractivity contribution is 0.0529. The third-order valence-corrected chi connectivity index (χ3v) is 3.72. The standard InChI is InChI=1S/C20H28N2O2/c1-20(2,3)24-19(23)21-13-6-5-10-17-11-9-12-18(16-17)22-14-7-4-8-15-22/h9,11-12,16H,4,6-8,13-15H2,1-3H3,(H,21,23). The maximum Gasteiger partial charge on any atom is 0.407 e. The van der Waals surface area contributed by atoms with E-state index in [1.54, 1.807) is 0 Å². The van der Waals surface area contributed by atoms with E-state index in [1.807, 2.05) is 26.8 Å². The number of piperidine rings is 1. The van der Waals surface area contributed by atoms with Gasteiger partial charge in [-0.05, 0) is 58.2 Å². The van der Waals surface area contributed by atoms with Gasteiger partial charge in [-0.3, -0.25) is 0 Å². The molecular formula is C20H28N2O2. The molecule has 0 unspecified atom stereocenters. The van der Waals surface area contributed by atoms with Crippen molar-refractivity contribution in [1.29, 1.82) is 0 Å². The molecule has 130 valence electrons. The predicted octanol–water partition coefficient (Wildman–Crippen LogP) is 3.94. The Kier molecular flexibility index (Phi) is 6.54. The Bertz CT molecular complexity index is 602. The lowest BCUT2D eigenvalue weighted by Crippen LogP contribution is -2.32. The molecule has 1 aromatic rings. The fourth-order valence-electron chi connectivity index (χ4n) is 2.64. The zero-order valence-electron chi connectivity index (χ0n) is 15.0. The summed E-state index contributed by atoms with van der Waals surface area (Å²) in [6.07, 6.45) is 4.09. The van der Waals surface area contributed by atoms with E-state index in [4.69, 9.17) is 4.74 Å². The molecule has 2 rings (SSSR count). The molecule has 1 aromatic carbocycles. The summed E-state index contributed by atoms with van der Waals surface area (Å²) in [5.74, 6) is 6.29. The fraction of sp³-hybridized carbons (Fsp3) is 0.550. The molecule has 4 heteroatoms.